The molecule has 0 aromatic heterocycles. The Bertz CT molecular complexity index is 111. The lowest BCUT2D eigenvalue weighted by atomic mass is 10.4. The van der Waals surface area contributed by atoms with Crippen molar-refractivity contribution in [3.05, 3.63) is 0 Å². The molecule has 0 aliphatic rings. The lowest BCUT2D eigenvalue weighted by Crippen LogP contribution is -2.26. The van der Waals surface area contributed by atoms with Gasteiger partial charge in [-0.2, -0.15) is 5.26 Å². The monoisotopic (exact) mass is 196 g/mol. The van der Waals surface area contributed by atoms with Gasteiger partial charge >= 0.3 is 0 Å². The van der Waals surface area contributed by atoms with Crippen LogP contribution < -0.4 is 0 Å². The van der Waals surface area contributed by atoms with Crippen molar-refractivity contribution in [2.45, 2.75) is 13.3 Å². The minimum absolute atomic E-state index is 0. The van der Waals surface area contributed by atoms with Crippen LogP contribution in [0.15, 0.2) is 0 Å². The van der Waals surface area contributed by atoms with Crippen LogP contribution in [0.25, 0.3) is 0 Å². The van der Waals surface area contributed by atoms with Crippen molar-refractivity contribution in [1.82, 2.24) is 4.90 Å². The molecule has 4 heteroatoms. The molecule has 0 saturated carbocycles. The fraction of sp³-hybridized carbons (Fsp3) is 0.857. The van der Waals surface area contributed by atoms with E-state index in [1.807, 2.05) is 0 Å². The second-order valence-electron chi connectivity index (χ2n) is 2.03. The molecule has 2 nitrogen and oxygen atoms in total. The molecule has 0 radical (unpaired) electrons. The van der Waals surface area contributed by atoms with Crippen molar-refractivity contribution < 1.29 is 0 Å². The van der Waals surface area contributed by atoms with Gasteiger partial charge in [0.25, 0.3) is 0 Å². The molecule has 0 rings (SSSR count). The third-order valence-corrected chi connectivity index (χ3v) is 1.56. The first-order valence-electron chi connectivity index (χ1n) is 3.50. The third-order valence-electron chi connectivity index (χ3n) is 1.39. The Labute approximate surface area is 79.5 Å². The normalized spacial score (nSPS) is 8.91. The fourth-order valence-electron chi connectivity index (χ4n) is 0.756. The standard InChI is InChI=1S/C7H13ClN2.ClH/c1-2-10(7-4-8)6-3-5-9;/h2-4,6-7H2,1H3;1H. The average molecular weight is 197 g/mol. The number of nitriles is 1. The Hall–Kier alpha value is 0.0300. The van der Waals surface area contributed by atoms with E-state index in [0.717, 1.165) is 19.6 Å². The zero-order valence-corrected chi connectivity index (χ0v) is 8.29. The maximum atomic E-state index is 8.27. The van der Waals surface area contributed by atoms with Gasteiger partial charge in [0.2, 0.25) is 0 Å². The predicted octanol–water partition coefficient (Wildman–Crippen LogP) is 1.88. The summed E-state index contributed by atoms with van der Waals surface area (Å²) in [4.78, 5) is 2.16. The smallest absolute Gasteiger partial charge is 0.0635 e. The Morgan fingerprint density at radius 1 is 1.45 bits per heavy atom. The summed E-state index contributed by atoms with van der Waals surface area (Å²) >= 11 is 5.53. The molecule has 0 saturated heterocycles. The summed E-state index contributed by atoms with van der Waals surface area (Å²) in [5, 5.41) is 8.27. The molecule has 0 N–H and O–H groups in total. The molecule has 0 spiro atoms. The molecular formula is C7H14Cl2N2. The van der Waals surface area contributed by atoms with E-state index in [2.05, 4.69) is 17.9 Å². The first-order chi connectivity index (χ1) is 4.85. The summed E-state index contributed by atoms with van der Waals surface area (Å²) in [6.07, 6.45) is 0.602. The van der Waals surface area contributed by atoms with Crippen molar-refractivity contribution >= 4 is 24.0 Å². The van der Waals surface area contributed by atoms with Crippen LogP contribution in [0.5, 0.6) is 0 Å². The van der Waals surface area contributed by atoms with E-state index in [9.17, 15) is 0 Å². The zero-order valence-electron chi connectivity index (χ0n) is 6.72. The summed E-state index contributed by atoms with van der Waals surface area (Å²) in [7, 11) is 0. The van der Waals surface area contributed by atoms with Crippen molar-refractivity contribution in [3.8, 4) is 6.07 Å². The molecule has 0 aliphatic carbocycles. The first-order valence-corrected chi connectivity index (χ1v) is 4.03. The summed E-state index contributed by atoms with van der Waals surface area (Å²) in [5.74, 6) is 0.652. The summed E-state index contributed by atoms with van der Waals surface area (Å²) < 4.78 is 0. The molecule has 0 aliphatic heterocycles. The maximum absolute atomic E-state index is 8.27. The Balaban J connectivity index is 0. The summed E-state index contributed by atoms with van der Waals surface area (Å²) in [6, 6.07) is 2.11. The van der Waals surface area contributed by atoms with Gasteiger partial charge in [-0.3, -0.25) is 0 Å². The van der Waals surface area contributed by atoms with Crippen LogP contribution in [0.3, 0.4) is 0 Å². The summed E-state index contributed by atoms with van der Waals surface area (Å²) in [5.41, 5.74) is 0. The van der Waals surface area contributed by atoms with Crippen molar-refractivity contribution in [2.75, 3.05) is 25.5 Å². The van der Waals surface area contributed by atoms with Gasteiger partial charge < -0.3 is 4.90 Å². The van der Waals surface area contributed by atoms with Gasteiger partial charge in [-0.15, -0.1) is 24.0 Å². The number of alkyl halides is 1. The van der Waals surface area contributed by atoms with Crippen LogP contribution >= 0.6 is 24.0 Å². The number of hydrogen-bond donors (Lipinski definition) is 0. The Kier molecular flexibility index (Phi) is 12.4. The maximum Gasteiger partial charge on any atom is 0.0635 e. The van der Waals surface area contributed by atoms with Crippen LogP contribution in [0.2, 0.25) is 0 Å². The SMILES string of the molecule is CCN(CCCl)CCC#N.Cl. The minimum Gasteiger partial charge on any atom is -0.301 e. The molecule has 66 valence electrons. The summed E-state index contributed by atoms with van der Waals surface area (Å²) in [6.45, 7) is 4.79. The van der Waals surface area contributed by atoms with Crippen LogP contribution in [-0.4, -0.2) is 30.4 Å². The topological polar surface area (TPSA) is 27.0 Å². The van der Waals surface area contributed by atoms with E-state index in [4.69, 9.17) is 16.9 Å². The lowest BCUT2D eigenvalue weighted by Gasteiger charge is -2.16. The highest BCUT2D eigenvalue weighted by atomic mass is 35.5. The molecule has 0 aromatic carbocycles. The second-order valence-corrected chi connectivity index (χ2v) is 2.41. The Morgan fingerprint density at radius 2 is 2.09 bits per heavy atom. The van der Waals surface area contributed by atoms with Crippen LogP contribution in [0, 0.1) is 11.3 Å². The molecule has 0 atom stereocenters. The van der Waals surface area contributed by atoms with Crippen molar-refractivity contribution in [2.24, 2.45) is 0 Å². The highest BCUT2D eigenvalue weighted by Gasteiger charge is 1.98. The Morgan fingerprint density at radius 3 is 2.45 bits per heavy atom. The molecule has 0 bridgehead atoms. The van der Waals surface area contributed by atoms with E-state index >= 15 is 0 Å². The number of nitrogens with zero attached hydrogens (tertiary/aromatic N) is 2. The van der Waals surface area contributed by atoms with Gasteiger partial charge in [-0.1, -0.05) is 6.92 Å². The van der Waals surface area contributed by atoms with Gasteiger partial charge in [0, 0.05) is 25.4 Å². The van der Waals surface area contributed by atoms with Gasteiger partial charge in [0.15, 0.2) is 0 Å². The van der Waals surface area contributed by atoms with E-state index in [0.29, 0.717) is 12.3 Å². The third kappa shape index (κ3) is 7.93. The van der Waals surface area contributed by atoms with E-state index in [1.165, 1.54) is 0 Å². The molecular weight excluding hydrogens is 183 g/mol. The highest BCUT2D eigenvalue weighted by molar-refractivity contribution is 6.18. The number of rotatable bonds is 5. The predicted molar refractivity (Wildman–Crippen MR) is 50.3 cm³/mol. The molecule has 0 aromatic rings. The lowest BCUT2D eigenvalue weighted by molar-refractivity contribution is 0.313. The average Bonchev–Trinajstić information content (AvgIpc) is 1.98. The van der Waals surface area contributed by atoms with Crippen LogP contribution in [0.1, 0.15) is 13.3 Å². The fourth-order valence-corrected chi connectivity index (χ4v) is 0.995. The molecule has 0 unspecified atom stereocenters. The van der Waals surface area contributed by atoms with Crippen molar-refractivity contribution in [3.63, 3.8) is 0 Å². The molecule has 0 amide bonds. The van der Waals surface area contributed by atoms with Gasteiger partial charge in [-0.05, 0) is 6.54 Å². The zero-order chi connectivity index (χ0) is 7.82. The van der Waals surface area contributed by atoms with E-state index in [1.54, 1.807) is 0 Å². The minimum atomic E-state index is 0. The molecule has 0 heterocycles. The largest absolute Gasteiger partial charge is 0.301 e. The quantitative estimate of drug-likeness (QED) is 0.629. The van der Waals surface area contributed by atoms with E-state index in [-0.39, 0.29) is 12.4 Å². The van der Waals surface area contributed by atoms with Gasteiger partial charge in [0.1, 0.15) is 0 Å². The molecule has 0 fully saturated rings. The van der Waals surface area contributed by atoms with Gasteiger partial charge in [-0.25, -0.2) is 0 Å². The number of hydrogen-bond acceptors (Lipinski definition) is 2. The molecule has 11 heavy (non-hydrogen) atoms. The van der Waals surface area contributed by atoms with E-state index < -0.39 is 0 Å². The van der Waals surface area contributed by atoms with Crippen LogP contribution in [0.4, 0.5) is 0 Å². The highest BCUT2D eigenvalue weighted by Crippen LogP contribution is 1.90. The van der Waals surface area contributed by atoms with Crippen LogP contribution in [-0.2, 0) is 0 Å². The number of halogens is 2. The van der Waals surface area contributed by atoms with Gasteiger partial charge in [0.05, 0.1) is 6.07 Å². The first kappa shape index (κ1) is 13.6. The second kappa shape index (κ2) is 10.0. The van der Waals surface area contributed by atoms with Crippen molar-refractivity contribution in [1.29, 1.82) is 5.26 Å².